The van der Waals surface area contributed by atoms with Crippen LogP contribution in [0, 0.1) is 0 Å². The largest absolute Gasteiger partial charge is 0.224 e. The maximum Gasteiger partial charge on any atom is 0.184 e. The lowest BCUT2D eigenvalue weighted by Crippen LogP contribution is -2.08. The lowest BCUT2D eigenvalue weighted by atomic mass is 10.4. The SMILES string of the molecule is CC/C=C(\F)CS(=O)(=O)c1ccc(S(C)(=O)=O)cc1. The molecular weight excluding hydrogens is 291 g/mol. The van der Waals surface area contributed by atoms with Crippen molar-refractivity contribution in [1.82, 2.24) is 0 Å². The van der Waals surface area contributed by atoms with E-state index in [1.807, 2.05) is 0 Å². The van der Waals surface area contributed by atoms with Crippen LogP contribution >= 0.6 is 0 Å². The molecule has 0 saturated carbocycles. The Morgan fingerprint density at radius 1 is 1.11 bits per heavy atom. The van der Waals surface area contributed by atoms with Crippen LogP contribution in [-0.4, -0.2) is 28.8 Å². The first kappa shape index (κ1) is 15.8. The van der Waals surface area contributed by atoms with E-state index in [1.54, 1.807) is 6.92 Å². The quantitative estimate of drug-likeness (QED) is 0.835. The number of rotatable bonds is 5. The Morgan fingerprint density at radius 2 is 1.58 bits per heavy atom. The summed E-state index contributed by atoms with van der Waals surface area (Å²) in [5, 5.41) is 0. The van der Waals surface area contributed by atoms with Gasteiger partial charge in [0.25, 0.3) is 0 Å². The van der Waals surface area contributed by atoms with Crippen molar-refractivity contribution in [2.75, 3.05) is 12.0 Å². The number of benzene rings is 1. The summed E-state index contributed by atoms with van der Waals surface area (Å²) < 4.78 is 59.4. The fourth-order valence-electron chi connectivity index (χ4n) is 1.44. The maximum absolute atomic E-state index is 13.2. The minimum absolute atomic E-state index is 0.0241. The van der Waals surface area contributed by atoms with Crippen molar-refractivity contribution in [2.24, 2.45) is 0 Å². The molecular formula is C12H15FO4S2. The van der Waals surface area contributed by atoms with Crippen LogP contribution in [0.1, 0.15) is 13.3 Å². The van der Waals surface area contributed by atoms with Crippen molar-refractivity contribution >= 4 is 19.7 Å². The Kier molecular flexibility index (Phi) is 4.86. The third-order valence-electron chi connectivity index (χ3n) is 2.36. The summed E-state index contributed by atoms with van der Waals surface area (Å²) in [6, 6.07) is 4.74. The molecule has 0 unspecified atom stereocenters. The predicted octanol–water partition coefficient (Wildman–Crippen LogP) is 2.13. The van der Waals surface area contributed by atoms with Crippen molar-refractivity contribution in [3.8, 4) is 0 Å². The van der Waals surface area contributed by atoms with E-state index in [0.29, 0.717) is 6.42 Å². The van der Waals surface area contributed by atoms with Gasteiger partial charge in [-0.2, -0.15) is 0 Å². The fourth-order valence-corrected chi connectivity index (χ4v) is 3.27. The second kappa shape index (κ2) is 5.83. The number of allylic oxidation sites excluding steroid dienone is 1. The minimum Gasteiger partial charge on any atom is -0.224 e. The van der Waals surface area contributed by atoms with Gasteiger partial charge < -0.3 is 0 Å². The van der Waals surface area contributed by atoms with Gasteiger partial charge in [-0.25, -0.2) is 21.2 Å². The zero-order valence-corrected chi connectivity index (χ0v) is 12.3. The number of sulfone groups is 2. The summed E-state index contributed by atoms with van der Waals surface area (Å²) in [4.78, 5) is -0.0735. The lowest BCUT2D eigenvalue weighted by molar-refractivity contribution is 0.582. The Balaban J connectivity index is 3.07. The zero-order chi connectivity index (χ0) is 14.7. The van der Waals surface area contributed by atoms with E-state index in [-0.39, 0.29) is 9.79 Å². The summed E-state index contributed by atoms with van der Waals surface area (Å²) in [7, 11) is -7.16. The molecule has 1 rings (SSSR count). The minimum atomic E-state index is -3.78. The molecule has 0 saturated heterocycles. The van der Waals surface area contributed by atoms with Crippen LogP contribution in [0.15, 0.2) is 46.0 Å². The monoisotopic (exact) mass is 306 g/mol. The van der Waals surface area contributed by atoms with Crippen LogP contribution in [0.2, 0.25) is 0 Å². The normalized spacial score (nSPS) is 13.5. The molecule has 0 spiro atoms. The zero-order valence-electron chi connectivity index (χ0n) is 10.6. The molecule has 0 atom stereocenters. The van der Waals surface area contributed by atoms with Gasteiger partial charge in [0.05, 0.1) is 9.79 Å². The van der Waals surface area contributed by atoms with E-state index in [2.05, 4.69) is 0 Å². The molecule has 4 nitrogen and oxygen atoms in total. The summed E-state index contributed by atoms with van der Waals surface area (Å²) in [6.07, 6.45) is 2.64. The highest BCUT2D eigenvalue weighted by atomic mass is 32.2. The van der Waals surface area contributed by atoms with Crippen LogP contribution in [0.5, 0.6) is 0 Å². The Bertz CT molecular complexity index is 671. The smallest absolute Gasteiger partial charge is 0.184 e. The van der Waals surface area contributed by atoms with E-state index in [1.165, 1.54) is 30.3 Å². The molecule has 0 bridgehead atoms. The third-order valence-corrected chi connectivity index (χ3v) is 5.14. The Hall–Kier alpha value is -1.21. The fraction of sp³-hybridized carbons (Fsp3) is 0.333. The molecule has 0 aliphatic carbocycles. The highest BCUT2D eigenvalue weighted by Crippen LogP contribution is 2.18. The first-order valence-electron chi connectivity index (χ1n) is 5.54. The number of hydrogen-bond donors (Lipinski definition) is 0. The van der Waals surface area contributed by atoms with E-state index in [9.17, 15) is 21.2 Å². The number of halogens is 1. The molecule has 0 aliphatic rings. The van der Waals surface area contributed by atoms with Crippen LogP contribution in [0.25, 0.3) is 0 Å². The van der Waals surface area contributed by atoms with Crippen molar-refractivity contribution in [2.45, 2.75) is 23.1 Å². The van der Waals surface area contributed by atoms with E-state index in [4.69, 9.17) is 0 Å². The number of hydrogen-bond acceptors (Lipinski definition) is 4. The molecule has 0 fully saturated rings. The average Bonchev–Trinajstić information content (AvgIpc) is 2.27. The van der Waals surface area contributed by atoms with Crippen LogP contribution in [0.4, 0.5) is 4.39 Å². The van der Waals surface area contributed by atoms with Gasteiger partial charge in [-0.15, -0.1) is 0 Å². The average molecular weight is 306 g/mol. The standard InChI is InChI=1S/C12H15FO4S2/c1-3-4-10(13)9-19(16,17)12-7-5-11(6-8-12)18(2,14)15/h4-8H,3,9H2,1-2H3/b10-4-. The third kappa shape index (κ3) is 4.43. The lowest BCUT2D eigenvalue weighted by Gasteiger charge is -2.04. The molecule has 19 heavy (non-hydrogen) atoms. The van der Waals surface area contributed by atoms with E-state index in [0.717, 1.165) is 6.26 Å². The van der Waals surface area contributed by atoms with Gasteiger partial charge in [-0.1, -0.05) is 13.0 Å². The van der Waals surface area contributed by atoms with Crippen molar-refractivity contribution in [3.63, 3.8) is 0 Å². The van der Waals surface area contributed by atoms with Gasteiger partial charge in [0.1, 0.15) is 11.6 Å². The van der Waals surface area contributed by atoms with Gasteiger partial charge in [-0.3, -0.25) is 0 Å². The molecule has 0 aromatic heterocycles. The molecule has 0 amide bonds. The van der Waals surface area contributed by atoms with Crippen molar-refractivity contribution in [1.29, 1.82) is 0 Å². The summed E-state index contributed by atoms with van der Waals surface area (Å²) in [5.41, 5.74) is 0. The summed E-state index contributed by atoms with van der Waals surface area (Å²) in [5.74, 6) is -1.42. The summed E-state index contributed by atoms with van der Waals surface area (Å²) in [6.45, 7) is 1.70. The molecule has 0 N–H and O–H groups in total. The van der Waals surface area contributed by atoms with Gasteiger partial charge >= 0.3 is 0 Å². The van der Waals surface area contributed by atoms with Gasteiger partial charge in [0.2, 0.25) is 0 Å². The summed E-state index contributed by atoms with van der Waals surface area (Å²) >= 11 is 0. The van der Waals surface area contributed by atoms with Crippen LogP contribution in [-0.2, 0) is 19.7 Å². The van der Waals surface area contributed by atoms with Crippen molar-refractivity contribution in [3.05, 3.63) is 36.2 Å². The van der Waals surface area contributed by atoms with E-state index < -0.39 is 31.3 Å². The molecule has 1 aromatic rings. The second-order valence-corrected chi connectivity index (χ2v) is 8.07. The van der Waals surface area contributed by atoms with Gasteiger partial charge in [0, 0.05) is 6.26 Å². The molecule has 0 aliphatic heterocycles. The van der Waals surface area contributed by atoms with E-state index >= 15 is 0 Å². The molecule has 0 heterocycles. The van der Waals surface area contributed by atoms with Crippen LogP contribution < -0.4 is 0 Å². The molecule has 7 heteroatoms. The Morgan fingerprint density at radius 3 is 2.00 bits per heavy atom. The van der Waals surface area contributed by atoms with Crippen LogP contribution in [0.3, 0.4) is 0 Å². The second-order valence-electron chi connectivity index (χ2n) is 4.06. The van der Waals surface area contributed by atoms with Crippen molar-refractivity contribution < 1.29 is 21.2 Å². The Labute approximate surface area is 112 Å². The first-order chi connectivity index (χ1) is 8.66. The predicted molar refractivity (Wildman–Crippen MR) is 71.1 cm³/mol. The molecule has 0 radical (unpaired) electrons. The topological polar surface area (TPSA) is 68.3 Å². The maximum atomic E-state index is 13.2. The highest BCUT2D eigenvalue weighted by molar-refractivity contribution is 7.91. The van der Waals surface area contributed by atoms with Gasteiger partial charge in [-0.05, 0) is 30.7 Å². The molecule has 1 aromatic carbocycles. The van der Waals surface area contributed by atoms with Gasteiger partial charge in [0.15, 0.2) is 19.7 Å². The molecule has 106 valence electrons. The highest BCUT2D eigenvalue weighted by Gasteiger charge is 2.17. The first-order valence-corrected chi connectivity index (χ1v) is 9.08.